The minimum absolute atomic E-state index is 0.0424. The van der Waals surface area contributed by atoms with Crippen molar-refractivity contribution in [2.45, 2.75) is 6.04 Å². The van der Waals surface area contributed by atoms with Crippen LogP contribution in [0.4, 0.5) is 10.3 Å². The third kappa shape index (κ3) is 3.59. The van der Waals surface area contributed by atoms with Gasteiger partial charge in [-0.3, -0.25) is 14.3 Å². The Bertz CT molecular complexity index is 988. The zero-order valence-electron chi connectivity index (χ0n) is 15.0. The van der Waals surface area contributed by atoms with E-state index in [1.165, 1.54) is 12.1 Å². The Morgan fingerprint density at radius 2 is 1.89 bits per heavy atom. The summed E-state index contributed by atoms with van der Waals surface area (Å²) in [5, 5.41) is 3.45. The minimum atomic E-state index is -0.250. The molecule has 27 heavy (non-hydrogen) atoms. The lowest BCUT2D eigenvalue weighted by atomic mass is 10.0. The van der Waals surface area contributed by atoms with Gasteiger partial charge in [-0.1, -0.05) is 12.1 Å². The van der Waals surface area contributed by atoms with Crippen molar-refractivity contribution in [3.63, 3.8) is 0 Å². The van der Waals surface area contributed by atoms with Gasteiger partial charge in [-0.2, -0.15) is 0 Å². The predicted octanol–water partition coefficient (Wildman–Crippen LogP) is 2.13. The molecule has 1 aliphatic heterocycles. The van der Waals surface area contributed by atoms with Gasteiger partial charge in [0.1, 0.15) is 5.82 Å². The van der Waals surface area contributed by atoms with E-state index >= 15 is 0 Å². The van der Waals surface area contributed by atoms with Crippen LogP contribution in [0, 0.1) is 5.82 Å². The SMILES string of the molecule is Cn1c(N2CCNC(c3ccc(F)cc3)C2)nc(-c2ccncc2)cc1=O. The third-order valence-electron chi connectivity index (χ3n) is 4.82. The van der Waals surface area contributed by atoms with Crippen molar-refractivity contribution in [3.8, 4) is 11.3 Å². The van der Waals surface area contributed by atoms with Crippen LogP contribution >= 0.6 is 0 Å². The number of halogens is 1. The summed E-state index contributed by atoms with van der Waals surface area (Å²) in [4.78, 5) is 23.3. The van der Waals surface area contributed by atoms with Gasteiger partial charge < -0.3 is 10.2 Å². The van der Waals surface area contributed by atoms with E-state index in [0.717, 1.165) is 24.2 Å². The van der Waals surface area contributed by atoms with Crippen molar-refractivity contribution in [3.05, 3.63) is 76.6 Å². The van der Waals surface area contributed by atoms with Crippen LogP contribution in [0.15, 0.2) is 59.7 Å². The van der Waals surface area contributed by atoms with E-state index in [9.17, 15) is 9.18 Å². The molecule has 1 aliphatic rings. The number of hydrogen-bond donors (Lipinski definition) is 1. The van der Waals surface area contributed by atoms with Crippen molar-refractivity contribution in [1.29, 1.82) is 0 Å². The van der Waals surface area contributed by atoms with E-state index in [2.05, 4.69) is 15.2 Å². The van der Waals surface area contributed by atoms with Gasteiger partial charge in [-0.25, -0.2) is 9.37 Å². The molecule has 1 fully saturated rings. The molecular formula is C20H20FN5O. The Labute approximate surface area is 156 Å². The third-order valence-corrected chi connectivity index (χ3v) is 4.82. The molecule has 0 bridgehead atoms. The van der Waals surface area contributed by atoms with E-state index in [0.29, 0.717) is 18.2 Å². The molecule has 1 unspecified atom stereocenters. The molecule has 0 amide bonds. The summed E-state index contributed by atoms with van der Waals surface area (Å²) < 4.78 is 14.8. The highest BCUT2D eigenvalue weighted by Crippen LogP contribution is 2.23. The summed E-state index contributed by atoms with van der Waals surface area (Å²) in [6, 6.07) is 11.8. The van der Waals surface area contributed by atoms with Crippen molar-refractivity contribution in [2.75, 3.05) is 24.5 Å². The Kier molecular flexibility index (Phi) is 4.68. The monoisotopic (exact) mass is 365 g/mol. The van der Waals surface area contributed by atoms with Gasteiger partial charge in [0.2, 0.25) is 5.95 Å². The lowest BCUT2D eigenvalue weighted by Crippen LogP contribution is -2.47. The van der Waals surface area contributed by atoms with Gasteiger partial charge in [0.25, 0.3) is 5.56 Å². The molecule has 4 rings (SSSR count). The van der Waals surface area contributed by atoms with Crippen LogP contribution in [0.5, 0.6) is 0 Å². The molecule has 0 saturated carbocycles. The summed E-state index contributed by atoms with van der Waals surface area (Å²) in [7, 11) is 1.73. The molecule has 0 spiro atoms. The van der Waals surface area contributed by atoms with Crippen LogP contribution in [0.3, 0.4) is 0 Å². The molecule has 0 aliphatic carbocycles. The minimum Gasteiger partial charge on any atom is -0.339 e. The van der Waals surface area contributed by atoms with Crippen LogP contribution in [-0.2, 0) is 7.05 Å². The zero-order valence-corrected chi connectivity index (χ0v) is 15.0. The molecular weight excluding hydrogens is 345 g/mol. The lowest BCUT2D eigenvalue weighted by Gasteiger charge is -2.35. The van der Waals surface area contributed by atoms with Gasteiger partial charge in [0.15, 0.2) is 0 Å². The maximum atomic E-state index is 13.2. The van der Waals surface area contributed by atoms with Crippen LogP contribution in [-0.4, -0.2) is 34.2 Å². The molecule has 7 heteroatoms. The lowest BCUT2D eigenvalue weighted by molar-refractivity contribution is 0.461. The molecule has 2 aromatic heterocycles. The fraction of sp³-hybridized carbons (Fsp3) is 0.250. The molecule has 1 saturated heterocycles. The van der Waals surface area contributed by atoms with E-state index < -0.39 is 0 Å². The average molecular weight is 365 g/mol. The Morgan fingerprint density at radius 3 is 2.63 bits per heavy atom. The molecule has 1 atom stereocenters. The molecule has 138 valence electrons. The quantitative estimate of drug-likeness (QED) is 0.770. The fourth-order valence-electron chi connectivity index (χ4n) is 3.33. The summed E-state index contributed by atoms with van der Waals surface area (Å²) in [6.07, 6.45) is 3.37. The second kappa shape index (κ2) is 7.28. The molecule has 3 aromatic rings. The van der Waals surface area contributed by atoms with Crippen LogP contribution in [0.1, 0.15) is 11.6 Å². The maximum Gasteiger partial charge on any atom is 0.255 e. The Morgan fingerprint density at radius 1 is 1.15 bits per heavy atom. The van der Waals surface area contributed by atoms with Gasteiger partial charge in [0.05, 0.1) is 5.69 Å². The van der Waals surface area contributed by atoms with Gasteiger partial charge >= 0.3 is 0 Å². The normalized spacial score (nSPS) is 17.1. The van der Waals surface area contributed by atoms with Crippen molar-refractivity contribution >= 4 is 5.95 Å². The fourth-order valence-corrected chi connectivity index (χ4v) is 3.33. The number of aromatic nitrogens is 3. The van der Waals surface area contributed by atoms with E-state index in [1.807, 2.05) is 12.1 Å². The number of piperazine rings is 1. The first-order valence-electron chi connectivity index (χ1n) is 8.84. The highest BCUT2D eigenvalue weighted by atomic mass is 19.1. The number of nitrogens with zero attached hydrogens (tertiary/aromatic N) is 4. The molecule has 6 nitrogen and oxygen atoms in total. The van der Waals surface area contributed by atoms with Crippen LogP contribution in [0.25, 0.3) is 11.3 Å². The zero-order chi connectivity index (χ0) is 18.8. The van der Waals surface area contributed by atoms with Crippen molar-refractivity contribution in [2.24, 2.45) is 7.05 Å². The summed E-state index contributed by atoms with van der Waals surface area (Å²) >= 11 is 0. The smallest absolute Gasteiger partial charge is 0.255 e. The second-order valence-electron chi connectivity index (χ2n) is 6.58. The molecule has 1 aromatic carbocycles. The van der Waals surface area contributed by atoms with Crippen molar-refractivity contribution < 1.29 is 4.39 Å². The van der Waals surface area contributed by atoms with Gasteiger partial charge in [0, 0.05) is 56.7 Å². The van der Waals surface area contributed by atoms with Crippen molar-refractivity contribution in [1.82, 2.24) is 19.9 Å². The number of anilines is 1. The molecule has 0 radical (unpaired) electrons. The first kappa shape index (κ1) is 17.4. The second-order valence-corrected chi connectivity index (χ2v) is 6.58. The van der Waals surface area contributed by atoms with E-state index in [1.54, 1.807) is 42.2 Å². The Balaban J connectivity index is 1.67. The van der Waals surface area contributed by atoms with Crippen LogP contribution in [0.2, 0.25) is 0 Å². The standard InChI is InChI=1S/C20H20FN5O/c1-25-19(27)12-17(15-6-8-22-9-7-15)24-20(25)26-11-10-23-18(13-26)14-2-4-16(21)5-3-14/h2-9,12,18,23H,10-11,13H2,1H3. The number of rotatable bonds is 3. The average Bonchev–Trinajstić information content (AvgIpc) is 2.71. The number of benzene rings is 1. The highest BCUT2D eigenvalue weighted by Gasteiger charge is 2.24. The number of nitrogens with one attached hydrogen (secondary N) is 1. The summed E-state index contributed by atoms with van der Waals surface area (Å²) in [5.74, 6) is 0.378. The Hall–Kier alpha value is -3.06. The predicted molar refractivity (Wildman–Crippen MR) is 102 cm³/mol. The topological polar surface area (TPSA) is 63.1 Å². The first-order valence-corrected chi connectivity index (χ1v) is 8.84. The van der Waals surface area contributed by atoms with Crippen LogP contribution < -0.4 is 15.8 Å². The summed E-state index contributed by atoms with van der Waals surface area (Å²) in [6.45, 7) is 2.13. The maximum absolute atomic E-state index is 13.2. The largest absolute Gasteiger partial charge is 0.339 e. The molecule has 3 heterocycles. The van der Waals surface area contributed by atoms with Gasteiger partial charge in [-0.05, 0) is 29.8 Å². The van der Waals surface area contributed by atoms with E-state index in [-0.39, 0.29) is 17.4 Å². The number of pyridine rings is 1. The molecule has 1 N–H and O–H groups in total. The van der Waals surface area contributed by atoms with Gasteiger partial charge in [-0.15, -0.1) is 0 Å². The van der Waals surface area contributed by atoms with E-state index in [4.69, 9.17) is 4.98 Å². The summed E-state index contributed by atoms with van der Waals surface area (Å²) in [5.41, 5.74) is 2.39. The first-order chi connectivity index (χ1) is 13.1. The number of hydrogen-bond acceptors (Lipinski definition) is 5. The highest BCUT2D eigenvalue weighted by molar-refractivity contribution is 5.59.